The van der Waals surface area contributed by atoms with E-state index in [1.54, 1.807) is 0 Å². The summed E-state index contributed by atoms with van der Waals surface area (Å²) in [5.74, 6) is 0.592. The second-order valence-corrected chi connectivity index (χ2v) is 5.79. The highest BCUT2D eigenvalue weighted by Gasteiger charge is 2.36. The summed E-state index contributed by atoms with van der Waals surface area (Å²) in [5.41, 5.74) is 6.78. The molecule has 1 heterocycles. The van der Waals surface area contributed by atoms with Crippen molar-refractivity contribution < 1.29 is 9.53 Å². The monoisotopic (exact) mass is 274 g/mol. The summed E-state index contributed by atoms with van der Waals surface area (Å²) >= 11 is 0. The first-order chi connectivity index (χ1) is 9.78. The molecule has 1 amide bonds. The Morgan fingerprint density at radius 3 is 2.60 bits per heavy atom. The van der Waals surface area contributed by atoms with Crippen LogP contribution in [-0.4, -0.2) is 24.7 Å². The molecule has 3 rings (SSSR count). The number of amides is 1. The van der Waals surface area contributed by atoms with Gasteiger partial charge in [-0.2, -0.15) is 0 Å². The molecular weight excluding hydrogens is 252 g/mol. The van der Waals surface area contributed by atoms with Gasteiger partial charge in [-0.05, 0) is 37.2 Å². The average Bonchev–Trinajstić information content (AvgIpc) is 3.21. The third-order valence-corrected chi connectivity index (χ3v) is 4.21. The lowest BCUT2D eigenvalue weighted by Gasteiger charge is -2.21. The Balaban J connectivity index is 1.64. The van der Waals surface area contributed by atoms with Gasteiger partial charge in [0.2, 0.25) is 5.91 Å². The zero-order valence-electron chi connectivity index (χ0n) is 11.6. The van der Waals surface area contributed by atoms with Crippen LogP contribution in [0, 0.1) is 5.92 Å². The van der Waals surface area contributed by atoms with Crippen LogP contribution >= 0.6 is 0 Å². The fourth-order valence-corrected chi connectivity index (χ4v) is 2.88. The van der Waals surface area contributed by atoms with E-state index in [1.807, 2.05) is 18.2 Å². The summed E-state index contributed by atoms with van der Waals surface area (Å²) in [6, 6.07) is 10.3. The quantitative estimate of drug-likeness (QED) is 0.860. The van der Waals surface area contributed by atoms with Crippen LogP contribution in [0.4, 0.5) is 0 Å². The number of nitrogens with two attached hydrogens (primary N) is 1. The van der Waals surface area contributed by atoms with E-state index in [1.165, 1.54) is 18.4 Å². The predicted molar refractivity (Wildman–Crippen MR) is 77.0 cm³/mol. The maximum absolute atomic E-state index is 12.3. The van der Waals surface area contributed by atoms with Crippen molar-refractivity contribution in [3.63, 3.8) is 0 Å². The van der Waals surface area contributed by atoms with E-state index in [2.05, 4.69) is 17.4 Å². The normalized spacial score (nSPS) is 27.2. The minimum atomic E-state index is -0.325. The van der Waals surface area contributed by atoms with Gasteiger partial charge in [0, 0.05) is 6.54 Å². The summed E-state index contributed by atoms with van der Waals surface area (Å²) in [7, 11) is 0. The number of hydrogen-bond donors (Lipinski definition) is 2. The van der Waals surface area contributed by atoms with Gasteiger partial charge in [0.25, 0.3) is 0 Å². The van der Waals surface area contributed by atoms with Crippen molar-refractivity contribution in [3.05, 3.63) is 35.9 Å². The Kier molecular flexibility index (Phi) is 4.03. The number of hydrogen-bond acceptors (Lipinski definition) is 3. The maximum Gasteiger partial charge on any atom is 0.249 e. The van der Waals surface area contributed by atoms with Crippen molar-refractivity contribution in [2.24, 2.45) is 11.7 Å². The van der Waals surface area contributed by atoms with Gasteiger partial charge in [0.05, 0.1) is 12.1 Å². The third-order valence-electron chi connectivity index (χ3n) is 4.21. The number of carbonyl (C=O) groups is 1. The SMILES string of the molecule is NCC1CCC(C(=O)NC(c2ccccc2)C2CC2)O1. The number of benzene rings is 1. The molecule has 1 aliphatic heterocycles. The van der Waals surface area contributed by atoms with Crippen LogP contribution in [-0.2, 0) is 9.53 Å². The van der Waals surface area contributed by atoms with Gasteiger partial charge in [0.15, 0.2) is 0 Å². The number of carbonyl (C=O) groups excluding carboxylic acids is 1. The van der Waals surface area contributed by atoms with E-state index in [0.29, 0.717) is 12.5 Å². The van der Waals surface area contributed by atoms with Crippen LogP contribution in [0.3, 0.4) is 0 Å². The smallest absolute Gasteiger partial charge is 0.249 e. The Hall–Kier alpha value is -1.39. The van der Waals surface area contributed by atoms with E-state index in [0.717, 1.165) is 12.8 Å². The molecule has 2 fully saturated rings. The molecule has 0 bridgehead atoms. The van der Waals surface area contributed by atoms with Gasteiger partial charge in [-0.1, -0.05) is 30.3 Å². The Morgan fingerprint density at radius 2 is 2.00 bits per heavy atom. The second kappa shape index (κ2) is 5.94. The van der Waals surface area contributed by atoms with Gasteiger partial charge >= 0.3 is 0 Å². The summed E-state index contributed by atoms with van der Waals surface area (Å²) in [6.45, 7) is 0.495. The Labute approximate surface area is 119 Å². The summed E-state index contributed by atoms with van der Waals surface area (Å²) in [6.07, 6.45) is 3.76. The highest BCUT2D eigenvalue weighted by atomic mass is 16.5. The molecule has 0 aromatic heterocycles. The van der Waals surface area contributed by atoms with Gasteiger partial charge in [-0.15, -0.1) is 0 Å². The molecule has 0 spiro atoms. The lowest BCUT2D eigenvalue weighted by molar-refractivity contribution is -0.132. The number of ether oxygens (including phenoxy) is 1. The zero-order chi connectivity index (χ0) is 13.9. The predicted octanol–water partition coefficient (Wildman–Crippen LogP) is 1.76. The van der Waals surface area contributed by atoms with Crippen molar-refractivity contribution in [2.75, 3.05) is 6.54 Å². The third kappa shape index (κ3) is 3.02. The van der Waals surface area contributed by atoms with Gasteiger partial charge in [-0.25, -0.2) is 0 Å². The van der Waals surface area contributed by atoms with Crippen LogP contribution in [0.15, 0.2) is 30.3 Å². The average molecular weight is 274 g/mol. The van der Waals surface area contributed by atoms with Crippen molar-refractivity contribution in [1.29, 1.82) is 0 Å². The molecule has 1 saturated carbocycles. The zero-order valence-corrected chi connectivity index (χ0v) is 11.6. The first kappa shape index (κ1) is 13.6. The fraction of sp³-hybridized carbons (Fsp3) is 0.562. The number of nitrogens with one attached hydrogen (secondary N) is 1. The van der Waals surface area contributed by atoms with E-state index in [-0.39, 0.29) is 24.2 Å². The van der Waals surface area contributed by atoms with E-state index >= 15 is 0 Å². The molecule has 3 unspecified atom stereocenters. The van der Waals surface area contributed by atoms with Crippen LogP contribution in [0.25, 0.3) is 0 Å². The maximum atomic E-state index is 12.3. The topological polar surface area (TPSA) is 64.4 Å². The van der Waals surface area contributed by atoms with E-state index in [9.17, 15) is 4.79 Å². The van der Waals surface area contributed by atoms with Gasteiger partial charge < -0.3 is 15.8 Å². The van der Waals surface area contributed by atoms with Crippen LogP contribution in [0.2, 0.25) is 0 Å². The Bertz CT molecular complexity index is 459. The second-order valence-electron chi connectivity index (χ2n) is 5.79. The van der Waals surface area contributed by atoms with Crippen molar-refractivity contribution >= 4 is 5.91 Å². The fourth-order valence-electron chi connectivity index (χ4n) is 2.88. The first-order valence-corrected chi connectivity index (χ1v) is 7.49. The first-order valence-electron chi connectivity index (χ1n) is 7.49. The molecule has 1 saturated heterocycles. The lowest BCUT2D eigenvalue weighted by atomic mass is 10.0. The highest BCUT2D eigenvalue weighted by molar-refractivity contribution is 5.81. The van der Waals surface area contributed by atoms with Gasteiger partial charge in [-0.3, -0.25) is 4.79 Å². The number of rotatable bonds is 5. The molecule has 1 aliphatic carbocycles. The Morgan fingerprint density at radius 1 is 1.25 bits per heavy atom. The summed E-state index contributed by atoms with van der Waals surface area (Å²) in [4.78, 5) is 12.3. The molecule has 2 aliphatic rings. The van der Waals surface area contributed by atoms with Crippen LogP contribution in [0.5, 0.6) is 0 Å². The molecule has 1 aromatic rings. The molecule has 108 valence electrons. The molecule has 4 nitrogen and oxygen atoms in total. The molecule has 4 heteroatoms. The molecular formula is C16H22N2O2. The summed E-state index contributed by atoms with van der Waals surface area (Å²) in [5, 5.41) is 3.18. The highest BCUT2D eigenvalue weighted by Crippen LogP contribution is 2.41. The minimum absolute atomic E-state index is 0.0155. The lowest BCUT2D eigenvalue weighted by Crippen LogP contribution is -2.38. The van der Waals surface area contributed by atoms with Crippen molar-refractivity contribution in [3.8, 4) is 0 Å². The molecule has 20 heavy (non-hydrogen) atoms. The van der Waals surface area contributed by atoms with E-state index in [4.69, 9.17) is 10.5 Å². The van der Waals surface area contributed by atoms with Crippen LogP contribution < -0.4 is 11.1 Å². The van der Waals surface area contributed by atoms with Gasteiger partial charge in [0.1, 0.15) is 6.10 Å². The van der Waals surface area contributed by atoms with E-state index < -0.39 is 0 Å². The molecule has 0 radical (unpaired) electrons. The van der Waals surface area contributed by atoms with Crippen LogP contribution in [0.1, 0.15) is 37.3 Å². The molecule has 3 N–H and O–H groups in total. The van der Waals surface area contributed by atoms with Crippen molar-refractivity contribution in [2.45, 2.75) is 43.9 Å². The molecule has 1 aromatic carbocycles. The molecule has 3 atom stereocenters. The standard InChI is InChI=1S/C16H22N2O2/c17-10-13-8-9-14(20-13)16(19)18-15(12-6-7-12)11-4-2-1-3-5-11/h1-5,12-15H,6-10,17H2,(H,18,19). The summed E-state index contributed by atoms with van der Waals surface area (Å²) < 4.78 is 5.67. The van der Waals surface area contributed by atoms with Crippen molar-refractivity contribution in [1.82, 2.24) is 5.32 Å². The minimum Gasteiger partial charge on any atom is -0.364 e. The largest absolute Gasteiger partial charge is 0.364 e.